The van der Waals surface area contributed by atoms with Gasteiger partial charge in [-0.2, -0.15) is 0 Å². The molecule has 5 nitrogen and oxygen atoms in total. The van der Waals surface area contributed by atoms with E-state index in [4.69, 9.17) is 16.3 Å². The van der Waals surface area contributed by atoms with Crippen molar-refractivity contribution in [3.8, 4) is 5.75 Å². The minimum atomic E-state index is -0.793. The van der Waals surface area contributed by atoms with E-state index in [1.807, 2.05) is 97.1 Å². The molecule has 0 heterocycles. The first kappa shape index (κ1) is 27.0. The Balaban J connectivity index is 1.59. The number of methoxy groups -OCH3 is 1. The second-order valence-corrected chi connectivity index (χ2v) is 9.45. The topological polar surface area (TPSA) is 58.6 Å². The van der Waals surface area contributed by atoms with E-state index >= 15 is 0 Å². The lowest BCUT2D eigenvalue weighted by molar-refractivity contribution is -0.141. The Hall–Kier alpha value is -4.09. The minimum absolute atomic E-state index is 0.134. The number of carbonyl (C=O) groups is 2. The van der Waals surface area contributed by atoms with Crippen LogP contribution in [0.25, 0.3) is 0 Å². The summed E-state index contributed by atoms with van der Waals surface area (Å²) in [6.07, 6.45) is 0.850. The summed E-state index contributed by atoms with van der Waals surface area (Å²) >= 11 is 6.10. The van der Waals surface area contributed by atoms with Crippen LogP contribution in [0, 0.1) is 0 Å². The van der Waals surface area contributed by atoms with Gasteiger partial charge in [0.2, 0.25) is 11.8 Å². The molecule has 1 atom stereocenters. The van der Waals surface area contributed by atoms with E-state index in [2.05, 4.69) is 5.32 Å². The maximum absolute atomic E-state index is 13.8. The molecule has 0 aliphatic carbocycles. The normalized spacial score (nSPS) is 11.4. The molecule has 0 saturated carbocycles. The van der Waals surface area contributed by atoms with Gasteiger partial charge in [0.1, 0.15) is 11.8 Å². The van der Waals surface area contributed by atoms with Crippen molar-refractivity contribution in [3.05, 3.63) is 136 Å². The molecule has 0 radical (unpaired) electrons. The fourth-order valence-corrected chi connectivity index (χ4v) is 4.44. The van der Waals surface area contributed by atoms with Gasteiger partial charge in [-0.05, 0) is 52.9 Å². The summed E-state index contributed by atoms with van der Waals surface area (Å²) in [5, 5.41) is 3.68. The van der Waals surface area contributed by atoms with E-state index in [1.165, 1.54) is 0 Å². The van der Waals surface area contributed by atoms with Crippen molar-refractivity contribution in [2.45, 2.75) is 25.4 Å². The highest BCUT2D eigenvalue weighted by Gasteiger charge is 2.31. The maximum Gasteiger partial charge on any atom is 0.247 e. The highest BCUT2D eigenvalue weighted by atomic mass is 35.5. The van der Waals surface area contributed by atoms with E-state index < -0.39 is 6.04 Å². The van der Waals surface area contributed by atoms with Gasteiger partial charge in [0.15, 0.2) is 0 Å². The number of benzene rings is 4. The van der Waals surface area contributed by atoms with Gasteiger partial charge in [0.05, 0.1) is 13.5 Å². The molecule has 0 aliphatic rings. The Kier molecular flexibility index (Phi) is 9.54. The molecule has 0 aliphatic heterocycles. The number of carbonyl (C=O) groups excluding carboxylic acids is 2. The largest absolute Gasteiger partial charge is 0.497 e. The van der Waals surface area contributed by atoms with Crippen LogP contribution in [0.3, 0.4) is 0 Å². The zero-order valence-electron chi connectivity index (χ0n) is 21.3. The van der Waals surface area contributed by atoms with Crippen LogP contribution in [0.15, 0.2) is 109 Å². The summed E-state index contributed by atoms with van der Waals surface area (Å²) in [6.45, 7) is 0.713. The van der Waals surface area contributed by atoms with Crippen molar-refractivity contribution in [1.29, 1.82) is 0 Å². The Labute approximate surface area is 229 Å². The molecule has 0 spiro atoms. The van der Waals surface area contributed by atoms with Crippen LogP contribution >= 0.6 is 11.6 Å². The van der Waals surface area contributed by atoms with Crippen LogP contribution in [0.1, 0.15) is 28.3 Å². The molecule has 2 amide bonds. The molecule has 4 aromatic carbocycles. The smallest absolute Gasteiger partial charge is 0.247 e. The number of nitrogens with one attached hydrogen (secondary N) is 1. The molecular weight excluding hydrogens is 496 g/mol. The van der Waals surface area contributed by atoms with Crippen LogP contribution in [0.4, 0.5) is 0 Å². The van der Waals surface area contributed by atoms with Crippen LogP contribution in [-0.2, 0) is 29.0 Å². The van der Waals surface area contributed by atoms with Gasteiger partial charge >= 0.3 is 0 Å². The molecule has 1 N–H and O–H groups in total. The van der Waals surface area contributed by atoms with Gasteiger partial charge < -0.3 is 15.0 Å². The molecule has 0 aromatic heterocycles. The summed E-state index contributed by atoms with van der Waals surface area (Å²) in [5.41, 5.74) is 3.62. The Morgan fingerprint density at radius 2 is 1.39 bits per heavy atom. The third-order valence-electron chi connectivity index (χ3n) is 6.33. The number of hydrogen-bond donors (Lipinski definition) is 1. The number of amides is 2. The average molecular weight is 527 g/mol. The van der Waals surface area contributed by atoms with Crippen molar-refractivity contribution in [3.63, 3.8) is 0 Å². The fourth-order valence-electron chi connectivity index (χ4n) is 4.31. The van der Waals surface area contributed by atoms with Gasteiger partial charge in [-0.3, -0.25) is 9.59 Å². The molecule has 6 heteroatoms. The van der Waals surface area contributed by atoms with E-state index in [0.717, 1.165) is 28.0 Å². The van der Waals surface area contributed by atoms with Gasteiger partial charge in [0.25, 0.3) is 0 Å². The van der Waals surface area contributed by atoms with Crippen LogP contribution in [-0.4, -0.2) is 30.4 Å². The van der Waals surface area contributed by atoms with E-state index in [1.54, 1.807) is 24.1 Å². The third kappa shape index (κ3) is 7.46. The van der Waals surface area contributed by atoms with Crippen molar-refractivity contribution in [2.24, 2.45) is 0 Å². The van der Waals surface area contributed by atoms with Crippen molar-refractivity contribution >= 4 is 23.4 Å². The number of rotatable bonds is 11. The zero-order valence-corrected chi connectivity index (χ0v) is 22.1. The first-order valence-electron chi connectivity index (χ1n) is 12.6. The summed E-state index contributed by atoms with van der Waals surface area (Å²) in [7, 11) is 1.63. The molecular formula is C32H31ClN2O3. The maximum atomic E-state index is 13.8. The second kappa shape index (κ2) is 13.5. The Morgan fingerprint density at radius 3 is 2.03 bits per heavy atom. The third-order valence-corrected chi connectivity index (χ3v) is 6.58. The molecule has 0 fully saturated rings. The highest BCUT2D eigenvalue weighted by Crippen LogP contribution is 2.25. The Bertz CT molecular complexity index is 1310. The van der Waals surface area contributed by atoms with E-state index in [0.29, 0.717) is 18.0 Å². The van der Waals surface area contributed by atoms with Crippen molar-refractivity contribution < 1.29 is 14.3 Å². The predicted octanol–water partition coefficient (Wildman–Crippen LogP) is 6.02. The molecule has 38 heavy (non-hydrogen) atoms. The van der Waals surface area contributed by atoms with E-state index in [-0.39, 0.29) is 24.8 Å². The van der Waals surface area contributed by atoms with Gasteiger partial charge in [0, 0.05) is 18.1 Å². The Morgan fingerprint density at radius 1 is 0.789 bits per heavy atom. The van der Waals surface area contributed by atoms with Crippen LogP contribution < -0.4 is 10.1 Å². The molecule has 0 unspecified atom stereocenters. The van der Waals surface area contributed by atoms with Crippen molar-refractivity contribution in [1.82, 2.24) is 10.2 Å². The lowest BCUT2D eigenvalue weighted by atomic mass is 10.0. The predicted molar refractivity (Wildman–Crippen MR) is 151 cm³/mol. The van der Waals surface area contributed by atoms with Crippen LogP contribution in [0.5, 0.6) is 5.75 Å². The summed E-state index contributed by atoms with van der Waals surface area (Å²) in [4.78, 5) is 29.2. The molecule has 0 bridgehead atoms. The monoisotopic (exact) mass is 526 g/mol. The highest BCUT2D eigenvalue weighted by molar-refractivity contribution is 6.30. The number of halogens is 1. The standard InChI is InChI=1S/C32H31ClN2O3/c1-38-29-18-14-24(15-19-29)20-21-34-32(37)31(27-10-6-3-7-11-27)35(23-26-12-16-28(33)17-13-26)30(36)22-25-8-4-2-5-9-25/h2-19,31H,20-23H2,1H3,(H,34,37)/t31-/m0/s1. The number of ether oxygens (including phenoxy) is 1. The summed E-state index contributed by atoms with van der Waals surface area (Å²) in [5.74, 6) is 0.432. The summed E-state index contributed by atoms with van der Waals surface area (Å²) in [6, 6.07) is 33.4. The average Bonchev–Trinajstić information content (AvgIpc) is 2.95. The quantitative estimate of drug-likeness (QED) is 0.260. The first-order chi connectivity index (χ1) is 18.5. The first-order valence-corrected chi connectivity index (χ1v) is 12.9. The lowest BCUT2D eigenvalue weighted by Gasteiger charge is -2.32. The lowest BCUT2D eigenvalue weighted by Crippen LogP contribution is -2.44. The minimum Gasteiger partial charge on any atom is -0.497 e. The van der Waals surface area contributed by atoms with Gasteiger partial charge in [-0.25, -0.2) is 0 Å². The van der Waals surface area contributed by atoms with Crippen molar-refractivity contribution in [2.75, 3.05) is 13.7 Å². The summed E-state index contributed by atoms with van der Waals surface area (Å²) < 4.78 is 5.22. The second-order valence-electron chi connectivity index (χ2n) is 9.01. The SMILES string of the molecule is COc1ccc(CCNC(=O)[C@H](c2ccccc2)N(Cc2ccc(Cl)cc2)C(=O)Cc2ccccc2)cc1. The molecule has 4 rings (SSSR count). The number of hydrogen-bond acceptors (Lipinski definition) is 3. The zero-order chi connectivity index (χ0) is 26.7. The molecule has 0 saturated heterocycles. The van der Waals surface area contributed by atoms with Gasteiger partial charge in [-0.15, -0.1) is 0 Å². The molecule has 194 valence electrons. The van der Waals surface area contributed by atoms with E-state index in [9.17, 15) is 9.59 Å². The van der Waals surface area contributed by atoms with Crippen LogP contribution in [0.2, 0.25) is 5.02 Å². The number of nitrogens with zero attached hydrogens (tertiary/aromatic N) is 1. The fraction of sp³-hybridized carbons (Fsp3) is 0.188. The van der Waals surface area contributed by atoms with Gasteiger partial charge in [-0.1, -0.05) is 96.5 Å². The molecule has 4 aromatic rings.